The van der Waals surface area contributed by atoms with Crippen molar-refractivity contribution in [3.8, 4) is 0 Å². The summed E-state index contributed by atoms with van der Waals surface area (Å²) in [6.45, 7) is 1.94. The molecule has 0 amide bonds. The molecule has 0 aromatic heterocycles. The Labute approximate surface area is 135 Å². The highest BCUT2D eigenvalue weighted by Crippen LogP contribution is 2.41. The molecule has 2 aromatic rings. The molecule has 0 aliphatic rings. The third-order valence-electron chi connectivity index (χ3n) is 3.72. The molecule has 0 aliphatic heterocycles. The highest BCUT2D eigenvalue weighted by atomic mass is 35.5. The molecule has 1 unspecified atom stereocenters. The van der Waals surface area contributed by atoms with E-state index in [-0.39, 0.29) is 5.78 Å². The summed E-state index contributed by atoms with van der Waals surface area (Å²) in [6.07, 6.45) is 0.535. The van der Waals surface area contributed by atoms with Gasteiger partial charge in [0.1, 0.15) is 0 Å². The second kappa shape index (κ2) is 6.93. The molecular formula is C18H16Cl2O. The van der Waals surface area contributed by atoms with E-state index in [2.05, 4.69) is 0 Å². The van der Waals surface area contributed by atoms with Crippen LogP contribution < -0.4 is 0 Å². The first-order valence-electron chi connectivity index (χ1n) is 6.78. The predicted molar refractivity (Wildman–Crippen MR) is 89.0 cm³/mol. The first kappa shape index (κ1) is 15.8. The normalized spacial score (nSPS) is 14.5. The number of halogens is 2. The van der Waals surface area contributed by atoms with Gasteiger partial charge in [0.05, 0.1) is 5.41 Å². The van der Waals surface area contributed by atoms with Gasteiger partial charge in [-0.2, -0.15) is 0 Å². The smallest absolute Gasteiger partial charge is 0.178 e. The second-order valence-corrected chi connectivity index (χ2v) is 5.40. The van der Waals surface area contributed by atoms with Crippen molar-refractivity contribution in [2.24, 2.45) is 0 Å². The summed E-state index contributed by atoms with van der Waals surface area (Å²) in [5.41, 5.74) is 1.83. The quantitative estimate of drug-likeness (QED) is 0.662. The van der Waals surface area contributed by atoms with Crippen LogP contribution in [0.4, 0.5) is 0 Å². The molecule has 0 aliphatic carbocycles. The van der Waals surface area contributed by atoms with Crippen LogP contribution in [0.15, 0.2) is 71.2 Å². The predicted octanol–water partition coefficient (Wildman–Crippen LogP) is 5.54. The van der Waals surface area contributed by atoms with Gasteiger partial charge in [-0.3, -0.25) is 4.79 Å². The van der Waals surface area contributed by atoms with Crippen LogP contribution in [0.2, 0.25) is 0 Å². The highest BCUT2D eigenvalue weighted by Gasteiger charge is 2.41. The zero-order valence-electron chi connectivity index (χ0n) is 11.7. The SMILES string of the molecule is CCC(C(=O)c1ccccc1)(/C(Cl)=C/Cl)c1ccccc1. The van der Waals surface area contributed by atoms with Crippen LogP contribution in [-0.2, 0) is 5.41 Å². The molecule has 2 rings (SSSR count). The van der Waals surface area contributed by atoms with Gasteiger partial charge in [-0.25, -0.2) is 0 Å². The summed E-state index contributed by atoms with van der Waals surface area (Å²) in [4.78, 5) is 13.1. The molecule has 0 bridgehead atoms. The minimum absolute atomic E-state index is 0.0429. The van der Waals surface area contributed by atoms with Crippen LogP contribution in [-0.4, -0.2) is 5.78 Å². The van der Waals surface area contributed by atoms with Gasteiger partial charge >= 0.3 is 0 Å². The summed E-state index contributed by atoms with van der Waals surface area (Å²) < 4.78 is 0. The lowest BCUT2D eigenvalue weighted by atomic mass is 9.72. The molecule has 1 nitrogen and oxygen atoms in total. The van der Waals surface area contributed by atoms with Gasteiger partial charge in [-0.1, -0.05) is 90.8 Å². The minimum Gasteiger partial charge on any atom is -0.293 e. The van der Waals surface area contributed by atoms with E-state index < -0.39 is 5.41 Å². The Morgan fingerprint density at radius 2 is 1.57 bits per heavy atom. The lowest BCUT2D eigenvalue weighted by Gasteiger charge is -2.31. The van der Waals surface area contributed by atoms with Crippen molar-refractivity contribution in [1.29, 1.82) is 0 Å². The fourth-order valence-corrected chi connectivity index (χ4v) is 3.08. The number of ketones is 1. The Morgan fingerprint density at radius 3 is 2.05 bits per heavy atom. The molecule has 1 atom stereocenters. The van der Waals surface area contributed by atoms with Crippen molar-refractivity contribution in [1.82, 2.24) is 0 Å². The molecule has 2 aromatic carbocycles. The van der Waals surface area contributed by atoms with Crippen molar-refractivity contribution in [2.75, 3.05) is 0 Å². The number of carbonyl (C=O) groups is 1. The molecule has 0 N–H and O–H groups in total. The van der Waals surface area contributed by atoms with Crippen LogP contribution in [0.3, 0.4) is 0 Å². The Hall–Kier alpha value is -1.57. The van der Waals surface area contributed by atoms with Gasteiger partial charge < -0.3 is 0 Å². The minimum atomic E-state index is -0.939. The fourth-order valence-electron chi connectivity index (χ4n) is 2.56. The van der Waals surface area contributed by atoms with Crippen LogP contribution in [0.1, 0.15) is 29.3 Å². The maximum atomic E-state index is 13.1. The zero-order valence-corrected chi connectivity index (χ0v) is 13.2. The first-order valence-corrected chi connectivity index (χ1v) is 7.60. The van der Waals surface area contributed by atoms with E-state index in [0.29, 0.717) is 17.0 Å². The number of allylic oxidation sites excluding steroid dienone is 1. The molecule has 0 heterocycles. The number of rotatable bonds is 5. The Kier molecular flexibility index (Phi) is 5.22. The summed E-state index contributed by atoms with van der Waals surface area (Å²) in [7, 11) is 0. The first-order chi connectivity index (χ1) is 10.2. The van der Waals surface area contributed by atoms with E-state index in [1.807, 2.05) is 55.5 Å². The average Bonchev–Trinajstić information content (AvgIpc) is 2.57. The Balaban J connectivity index is 2.64. The zero-order chi connectivity index (χ0) is 15.3. The van der Waals surface area contributed by atoms with Crippen molar-refractivity contribution >= 4 is 29.0 Å². The van der Waals surface area contributed by atoms with Crippen LogP contribution in [0, 0.1) is 0 Å². The maximum absolute atomic E-state index is 13.1. The molecule has 21 heavy (non-hydrogen) atoms. The second-order valence-electron chi connectivity index (χ2n) is 4.78. The van der Waals surface area contributed by atoms with Gasteiger partial charge in [0, 0.05) is 16.1 Å². The lowest BCUT2D eigenvalue weighted by Crippen LogP contribution is -2.36. The summed E-state index contributed by atoms with van der Waals surface area (Å²) in [5, 5.41) is 0.340. The number of hydrogen-bond acceptors (Lipinski definition) is 1. The Morgan fingerprint density at radius 1 is 1.05 bits per heavy atom. The molecule has 108 valence electrons. The van der Waals surface area contributed by atoms with Crippen molar-refractivity contribution in [3.63, 3.8) is 0 Å². The molecular weight excluding hydrogens is 303 g/mol. The summed E-state index contributed by atoms with van der Waals surface area (Å²) in [5.74, 6) is -0.0429. The number of benzene rings is 2. The highest BCUT2D eigenvalue weighted by molar-refractivity contribution is 6.39. The van der Waals surface area contributed by atoms with E-state index >= 15 is 0 Å². The molecule has 3 heteroatoms. The van der Waals surface area contributed by atoms with E-state index in [1.165, 1.54) is 5.54 Å². The van der Waals surface area contributed by atoms with E-state index in [4.69, 9.17) is 23.2 Å². The Bertz CT molecular complexity index is 635. The van der Waals surface area contributed by atoms with E-state index in [9.17, 15) is 4.79 Å². The van der Waals surface area contributed by atoms with Gasteiger partial charge in [-0.15, -0.1) is 0 Å². The van der Waals surface area contributed by atoms with E-state index in [0.717, 1.165) is 5.56 Å². The summed E-state index contributed by atoms with van der Waals surface area (Å²) in [6, 6.07) is 18.7. The van der Waals surface area contributed by atoms with Gasteiger partial charge in [0.15, 0.2) is 5.78 Å². The number of Topliss-reactive ketones (excluding diaryl/α,β-unsaturated/α-hetero) is 1. The molecule has 0 radical (unpaired) electrons. The van der Waals surface area contributed by atoms with Gasteiger partial charge in [-0.05, 0) is 12.0 Å². The monoisotopic (exact) mass is 318 g/mol. The fraction of sp³-hybridized carbons (Fsp3) is 0.167. The number of hydrogen-bond donors (Lipinski definition) is 0. The topological polar surface area (TPSA) is 17.1 Å². The van der Waals surface area contributed by atoms with Crippen molar-refractivity contribution in [3.05, 3.63) is 82.4 Å². The molecule has 0 spiro atoms. The van der Waals surface area contributed by atoms with Crippen LogP contribution >= 0.6 is 23.2 Å². The van der Waals surface area contributed by atoms with Crippen LogP contribution in [0.25, 0.3) is 0 Å². The summed E-state index contributed by atoms with van der Waals surface area (Å²) >= 11 is 12.2. The molecule has 0 fully saturated rings. The van der Waals surface area contributed by atoms with Crippen molar-refractivity contribution in [2.45, 2.75) is 18.8 Å². The van der Waals surface area contributed by atoms with Crippen molar-refractivity contribution < 1.29 is 4.79 Å². The van der Waals surface area contributed by atoms with Gasteiger partial charge in [0.25, 0.3) is 0 Å². The molecule has 0 saturated heterocycles. The third kappa shape index (κ3) is 2.90. The van der Waals surface area contributed by atoms with Crippen LogP contribution in [0.5, 0.6) is 0 Å². The molecule has 0 saturated carbocycles. The number of carbonyl (C=O) groups excluding carboxylic acids is 1. The third-order valence-corrected chi connectivity index (χ3v) is 4.49. The van der Waals surface area contributed by atoms with Gasteiger partial charge in [0.2, 0.25) is 0 Å². The standard InChI is InChI=1S/C18H16Cl2O/c1-2-18(16(20)13-19,15-11-7-4-8-12-15)17(21)14-9-5-3-6-10-14/h3-13H,2H2,1H3/b16-13-. The average molecular weight is 319 g/mol. The lowest BCUT2D eigenvalue weighted by molar-refractivity contribution is 0.0910. The largest absolute Gasteiger partial charge is 0.293 e. The maximum Gasteiger partial charge on any atom is 0.178 e. The van der Waals surface area contributed by atoms with E-state index in [1.54, 1.807) is 12.1 Å².